The van der Waals surface area contributed by atoms with Crippen LogP contribution in [0, 0.1) is 5.92 Å². The van der Waals surface area contributed by atoms with Gasteiger partial charge in [-0.2, -0.15) is 10.3 Å². The Kier molecular flexibility index (Phi) is 6.53. The molecule has 1 saturated heterocycles. The van der Waals surface area contributed by atoms with Crippen LogP contribution < -0.4 is 16.4 Å². The molecule has 1 aromatic carbocycles. The van der Waals surface area contributed by atoms with Gasteiger partial charge in [0, 0.05) is 19.0 Å². The molecule has 0 bridgehead atoms. The normalized spacial score (nSPS) is 24.5. The van der Waals surface area contributed by atoms with Crippen molar-refractivity contribution in [3.05, 3.63) is 47.5 Å². The number of hydrogen-bond acceptors (Lipinski definition) is 6. The number of benzene rings is 1. The molecule has 33 heavy (non-hydrogen) atoms. The van der Waals surface area contributed by atoms with E-state index in [9.17, 15) is 4.79 Å². The average Bonchev–Trinajstić information content (AvgIpc) is 3.31. The standard InChI is InChI=1S/C25H33N7O/c26-22-15-21(24-25(29-22)31-32-30-24)20(18-10-12-28-23(33)14-18)11-13-27-19-8-6-17(7-9-19)16-4-2-1-3-5-16/h1-5,15,17-20,27H,6-14H2,(H,28,33)(H3,26,29,30,31,32). The van der Waals surface area contributed by atoms with Crippen LogP contribution in [0.4, 0.5) is 5.82 Å². The summed E-state index contributed by atoms with van der Waals surface area (Å²) in [6.07, 6.45) is 7.29. The number of aromatic amines is 1. The second-order valence-corrected chi connectivity index (χ2v) is 9.54. The first-order valence-corrected chi connectivity index (χ1v) is 12.2. The highest BCUT2D eigenvalue weighted by Gasteiger charge is 2.31. The smallest absolute Gasteiger partial charge is 0.220 e. The number of anilines is 1. The van der Waals surface area contributed by atoms with E-state index < -0.39 is 0 Å². The summed E-state index contributed by atoms with van der Waals surface area (Å²) < 4.78 is 0. The quantitative estimate of drug-likeness (QED) is 0.441. The molecule has 1 amide bonds. The molecule has 3 aromatic rings. The van der Waals surface area contributed by atoms with E-state index in [1.807, 2.05) is 6.07 Å². The number of fused-ring (bicyclic) bond motifs is 1. The van der Waals surface area contributed by atoms with Gasteiger partial charge in [0.25, 0.3) is 0 Å². The molecule has 1 aliphatic heterocycles. The molecule has 2 aromatic heterocycles. The number of piperidine rings is 1. The van der Waals surface area contributed by atoms with Crippen LogP contribution in [0.3, 0.4) is 0 Å². The maximum absolute atomic E-state index is 12.2. The lowest BCUT2D eigenvalue weighted by molar-refractivity contribution is -0.123. The Morgan fingerprint density at radius 1 is 1.09 bits per heavy atom. The van der Waals surface area contributed by atoms with Gasteiger partial charge in [0.15, 0.2) is 0 Å². The van der Waals surface area contributed by atoms with Gasteiger partial charge in [-0.15, -0.1) is 5.10 Å². The fourth-order valence-electron chi connectivity index (χ4n) is 5.76. The van der Waals surface area contributed by atoms with Crippen molar-refractivity contribution < 1.29 is 4.79 Å². The monoisotopic (exact) mass is 447 g/mol. The molecule has 8 nitrogen and oxygen atoms in total. The summed E-state index contributed by atoms with van der Waals surface area (Å²) in [5, 5.41) is 18.0. The first kappa shape index (κ1) is 21.8. The van der Waals surface area contributed by atoms with Crippen molar-refractivity contribution in [3.63, 3.8) is 0 Å². The van der Waals surface area contributed by atoms with E-state index in [0.29, 0.717) is 29.8 Å². The summed E-state index contributed by atoms with van der Waals surface area (Å²) in [6.45, 7) is 1.63. The van der Waals surface area contributed by atoms with Crippen LogP contribution in [-0.4, -0.2) is 45.4 Å². The number of nitrogens with two attached hydrogens (primary N) is 1. The lowest BCUT2D eigenvalue weighted by Gasteiger charge is -2.33. The highest BCUT2D eigenvalue weighted by atomic mass is 16.1. The Labute approximate surface area is 194 Å². The van der Waals surface area contributed by atoms with Crippen LogP contribution in [0.5, 0.6) is 0 Å². The highest BCUT2D eigenvalue weighted by Crippen LogP contribution is 2.37. The lowest BCUT2D eigenvalue weighted by Crippen LogP contribution is -2.38. The van der Waals surface area contributed by atoms with Crippen molar-refractivity contribution in [2.24, 2.45) is 5.92 Å². The summed E-state index contributed by atoms with van der Waals surface area (Å²) in [5.41, 5.74) is 9.94. The third kappa shape index (κ3) is 5.00. The topological polar surface area (TPSA) is 122 Å². The highest BCUT2D eigenvalue weighted by molar-refractivity contribution is 5.78. The summed E-state index contributed by atoms with van der Waals surface area (Å²) in [7, 11) is 0. The van der Waals surface area contributed by atoms with Crippen LogP contribution in [-0.2, 0) is 4.79 Å². The number of aromatic nitrogens is 4. The van der Waals surface area contributed by atoms with E-state index in [0.717, 1.165) is 37.0 Å². The molecule has 2 atom stereocenters. The fraction of sp³-hybridized carbons (Fsp3) is 0.520. The first-order chi connectivity index (χ1) is 16.2. The molecular formula is C25H33N7O. The van der Waals surface area contributed by atoms with Crippen LogP contribution in [0.1, 0.15) is 67.9 Å². The zero-order chi connectivity index (χ0) is 22.6. The number of nitrogen functional groups attached to an aromatic ring is 1. The van der Waals surface area contributed by atoms with Crippen LogP contribution >= 0.6 is 0 Å². The minimum Gasteiger partial charge on any atom is -0.384 e. The molecule has 8 heteroatoms. The van der Waals surface area contributed by atoms with Crippen LogP contribution in [0.15, 0.2) is 36.4 Å². The van der Waals surface area contributed by atoms with E-state index >= 15 is 0 Å². The van der Waals surface area contributed by atoms with Gasteiger partial charge in [0.05, 0.1) is 0 Å². The zero-order valence-electron chi connectivity index (χ0n) is 19.0. The Balaban J connectivity index is 1.24. The van der Waals surface area contributed by atoms with E-state index in [1.54, 1.807) is 0 Å². The number of amides is 1. The number of rotatable bonds is 7. The molecule has 2 fully saturated rings. The van der Waals surface area contributed by atoms with Crippen LogP contribution in [0.25, 0.3) is 11.2 Å². The second kappa shape index (κ2) is 9.87. The number of nitrogens with one attached hydrogen (secondary N) is 3. The van der Waals surface area contributed by atoms with Gasteiger partial charge in [-0.3, -0.25) is 4.79 Å². The Morgan fingerprint density at radius 3 is 2.70 bits per heavy atom. The molecule has 0 spiro atoms. The van der Waals surface area contributed by atoms with Gasteiger partial charge in [0.1, 0.15) is 11.3 Å². The lowest BCUT2D eigenvalue weighted by atomic mass is 9.78. The summed E-state index contributed by atoms with van der Waals surface area (Å²) in [4.78, 5) is 16.5. The molecule has 5 N–H and O–H groups in total. The third-order valence-electron chi connectivity index (χ3n) is 7.48. The molecule has 174 valence electrons. The minimum absolute atomic E-state index is 0.127. The molecule has 3 heterocycles. The van der Waals surface area contributed by atoms with Crippen LogP contribution in [0.2, 0.25) is 0 Å². The molecule has 1 saturated carbocycles. The van der Waals surface area contributed by atoms with Crippen molar-refractivity contribution in [1.29, 1.82) is 0 Å². The maximum atomic E-state index is 12.2. The third-order valence-corrected chi connectivity index (χ3v) is 7.48. The van der Waals surface area contributed by atoms with Crippen molar-refractivity contribution >= 4 is 22.9 Å². The van der Waals surface area contributed by atoms with Crippen molar-refractivity contribution in [1.82, 2.24) is 31.0 Å². The molecule has 2 unspecified atom stereocenters. The second-order valence-electron chi connectivity index (χ2n) is 9.54. The molecule has 2 aliphatic rings. The van der Waals surface area contributed by atoms with Gasteiger partial charge in [-0.25, -0.2) is 4.98 Å². The number of hydrogen-bond donors (Lipinski definition) is 4. The Hall–Kier alpha value is -3.00. The van der Waals surface area contributed by atoms with Gasteiger partial charge in [-0.1, -0.05) is 30.3 Å². The Bertz CT molecular complexity index is 1070. The van der Waals surface area contributed by atoms with E-state index in [2.05, 4.69) is 61.4 Å². The van der Waals surface area contributed by atoms with Gasteiger partial charge in [-0.05, 0) is 80.0 Å². The average molecular weight is 448 g/mol. The van der Waals surface area contributed by atoms with Crippen molar-refractivity contribution in [3.8, 4) is 0 Å². The van der Waals surface area contributed by atoms with Crippen molar-refractivity contribution in [2.75, 3.05) is 18.8 Å². The van der Waals surface area contributed by atoms with Gasteiger partial charge < -0.3 is 16.4 Å². The number of pyridine rings is 1. The summed E-state index contributed by atoms with van der Waals surface area (Å²) in [6, 6.07) is 13.4. The van der Waals surface area contributed by atoms with E-state index in [-0.39, 0.29) is 17.7 Å². The SMILES string of the molecule is Nc1cc(C(CCNC2CCC(c3ccccc3)CC2)C2CCNC(=O)C2)c2n[nH]nc2n1. The molecule has 5 rings (SSSR count). The predicted octanol–water partition coefficient (Wildman–Crippen LogP) is 3.25. The number of nitrogens with zero attached hydrogens (tertiary/aromatic N) is 3. The summed E-state index contributed by atoms with van der Waals surface area (Å²) in [5.74, 6) is 1.70. The number of carbonyl (C=O) groups excluding carboxylic acids is 1. The van der Waals surface area contributed by atoms with Crippen molar-refractivity contribution in [2.45, 2.75) is 62.8 Å². The van der Waals surface area contributed by atoms with Gasteiger partial charge in [0.2, 0.25) is 11.6 Å². The fourth-order valence-corrected chi connectivity index (χ4v) is 5.76. The summed E-state index contributed by atoms with van der Waals surface area (Å²) >= 11 is 0. The number of carbonyl (C=O) groups is 1. The maximum Gasteiger partial charge on any atom is 0.220 e. The number of H-pyrrole nitrogens is 1. The van der Waals surface area contributed by atoms with E-state index in [1.165, 1.54) is 31.2 Å². The van der Waals surface area contributed by atoms with E-state index in [4.69, 9.17) is 5.73 Å². The molecule has 0 radical (unpaired) electrons. The van der Waals surface area contributed by atoms with Gasteiger partial charge >= 0.3 is 0 Å². The minimum atomic E-state index is 0.127. The Morgan fingerprint density at radius 2 is 1.91 bits per heavy atom. The first-order valence-electron chi connectivity index (χ1n) is 12.2. The predicted molar refractivity (Wildman–Crippen MR) is 129 cm³/mol. The largest absolute Gasteiger partial charge is 0.384 e. The molecule has 1 aliphatic carbocycles. The molecular weight excluding hydrogens is 414 g/mol. The zero-order valence-corrected chi connectivity index (χ0v) is 19.0.